The molecule has 17 heavy (non-hydrogen) atoms. The van der Waals surface area contributed by atoms with Gasteiger partial charge in [0.2, 0.25) is 5.88 Å². The molecule has 0 spiro atoms. The fraction of sp³-hybridized carbons (Fsp3) is 0.0833. The summed E-state index contributed by atoms with van der Waals surface area (Å²) in [5.41, 5.74) is 0.840. The minimum absolute atomic E-state index is 0.0267. The van der Waals surface area contributed by atoms with Gasteiger partial charge in [-0.3, -0.25) is 0 Å². The highest BCUT2D eigenvalue weighted by Gasteiger charge is 2.11. The van der Waals surface area contributed by atoms with Crippen molar-refractivity contribution in [1.29, 1.82) is 0 Å². The minimum Gasteiger partial charge on any atom is -0.436 e. The number of rotatable bonds is 3. The van der Waals surface area contributed by atoms with Gasteiger partial charge in [-0.25, -0.2) is 9.37 Å². The summed E-state index contributed by atoms with van der Waals surface area (Å²) in [5.74, 6) is -0.149. The highest BCUT2D eigenvalue weighted by molar-refractivity contribution is 9.08. The summed E-state index contributed by atoms with van der Waals surface area (Å²) in [6, 6.07) is 8.23. The molecule has 2 rings (SSSR count). The number of benzene rings is 1. The first-order valence-corrected chi connectivity index (χ1v) is 6.34. The smallest absolute Gasteiger partial charge is 0.223 e. The summed E-state index contributed by atoms with van der Waals surface area (Å²) in [5, 5.41) is 0.608. The molecule has 5 heteroatoms. The number of pyridine rings is 1. The van der Waals surface area contributed by atoms with Crippen molar-refractivity contribution in [2.45, 2.75) is 5.33 Å². The molecule has 1 aromatic carbocycles. The zero-order valence-corrected chi connectivity index (χ0v) is 11.0. The number of nitrogens with zero attached hydrogens (tertiary/aromatic N) is 1. The number of alkyl halides is 1. The van der Waals surface area contributed by atoms with Gasteiger partial charge in [-0.2, -0.15) is 0 Å². The third kappa shape index (κ3) is 2.76. The van der Waals surface area contributed by atoms with Crippen LogP contribution in [0.15, 0.2) is 36.5 Å². The third-order valence-electron chi connectivity index (χ3n) is 2.12. The quantitative estimate of drug-likeness (QED) is 0.774. The second-order valence-electron chi connectivity index (χ2n) is 3.26. The van der Waals surface area contributed by atoms with Crippen molar-refractivity contribution in [2.75, 3.05) is 0 Å². The van der Waals surface area contributed by atoms with Gasteiger partial charge in [-0.05, 0) is 18.2 Å². The van der Waals surface area contributed by atoms with Crippen LogP contribution in [0.25, 0.3) is 0 Å². The zero-order valence-electron chi connectivity index (χ0n) is 8.66. The number of hydrogen-bond acceptors (Lipinski definition) is 2. The van der Waals surface area contributed by atoms with Crippen molar-refractivity contribution in [3.05, 3.63) is 52.9 Å². The van der Waals surface area contributed by atoms with Crippen molar-refractivity contribution >= 4 is 27.5 Å². The maximum atomic E-state index is 13.6. The van der Waals surface area contributed by atoms with Crippen molar-refractivity contribution in [1.82, 2.24) is 4.98 Å². The van der Waals surface area contributed by atoms with Crippen LogP contribution in [-0.2, 0) is 5.33 Å². The number of ether oxygens (including phenoxy) is 1. The molecule has 0 aliphatic carbocycles. The van der Waals surface area contributed by atoms with Gasteiger partial charge in [-0.1, -0.05) is 39.7 Å². The van der Waals surface area contributed by atoms with Crippen LogP contribution in [-0.4, -0.2) is 4.98 Å². The Kier molecular flexibility index (Phi) is 3.97. The topological polar surface area (TPSA) is 22.1 Å². The minimum atomic E-state index is -0.583. The average molecular weight is 317 g/mol. The highest BCUT2D eigenvalue weighted by atomic mass is 79.9. The first-order chi connectivity index (χ1) is 8.22. The zero-order chi connectivity index (χ0) is 12.3. The van der Waals surface area contributed by atoms with Gasteiger partial charge in [0.05, 0.1) is 5.02 Å². The van der Waals surface area contributed by atoms with Crippen molar-refractivity contribution in [3.63, 3.8) is 0 Å². The van der Waals surface area contributed by atoms with Crippen molar-refractivity contribution in [3.8, 4) is 11.6 Å². The molecule has 0 amide bonds. The van der Waals surface area contributed by atoms with E-state index in [4.69, 9.17) is 16.3 Å². The van der Waals surface area contributed by atoms with E-state index in [0.717, 1.165) is 5.56 Å². The van der Waals surface area contributed by atoms with Gasteiger partial charge < -0.3 is 4.74 Å². The Bertz CT molecular complexity index is 536. The molecule has 0 N–H and O–H groups in total. The standard InChI is InChI=1S/C12H8BrClFNO/c13-7-8-3-2-6-16-12(8)17-10-5-1-4-9(14)11(10)15/h1-6H,7H2. The second kappa shape index (κ2) is 5.47. The van der Waals surface area contributed by atoms with Crippen LogP contribution >= 0.6 is 27.5 Å². The van der Waals surface area contributed by atoms with Gasteiger partial charge >= 0.3 is 0 Å². The summed E-state index contributed by atoms with van der Waals surface area (Å²) in [6.45, 7) is 0. The Morgan fingerprint density at radius 3 is 2.88 bits per heavy atom. The SMILES string of the molecule is Fc1c(Cl)cccc1Oc1ncccc1CBr. The van der Waals surface area contributed by atoms with E-state index in [9.17, 15) is 4.39 Å². The van der Waals surface area contributed by atoms with E-state index in [1.807, 2.05) is 6.07 Å². The summed E-state index contributed by atoms with van der Waals surface area (Å²) >= 11 is 8.98. The molecule has 0 fully saturated rings. The average Bonchev–Trinajstić information content (AvgIpc) is 2.35. The lowest BCUT2D eigenvalue weighted by molar-refractivity contribution is 0.424. The fourth-order valence-electron chi connectivity index (χ4n) is 1.28. The highest BCUT2D eigenvalue weighted by Crippen LogP contribution is 2.29. The molecule has 0 bridgehead atoms. The van der Waals surface area contributed by atoms with E-state index >= 15 is 0 Å². The van der Waals surface area contributed by atoms with Gasteiger partial charge in [0.15, 0.2) is 11.6 Å². The van der Waals surface area contributed by atoms with Crippen molar-refractivity contribution in [2.24, 2.45) is 0 Å². The molecule has 0 atom stereocenters. The first-order valence-electron chi connectivity index (χ1n) is 4.84. The van der Waals surface area contributed by atoms with E-state index < -0.39 is 5.82 Å². The van der Waals surface area contributed by atoms with Crippen LogP contribution in [0.1, 0.15) is 5.56 Å². The fourth-order valence-corrected chi connectivity index (χ4v) is 1.88. The third-order valence-corrected chi connectivity index (χ3v) is 3.01. The molecule has 0 saturated carbocycles. The lowest BCUT2D eigenvalue weighted by Crippen LogP contribution is -1.94. The molecule has 0 aliphatic heterocycles. The maximum absolute atomic E-state index is 13.6. The molecule has 2 aromatic rings. The first kappa shape index (κ1) is 12.3. The predicted molar refractivity (Wildman–Crippen MR) is 68.4 cm³/mol. The van der Waals surface area contributed by atoms with Gasteiger partial charge in [0, 0.05) is 17.1 Å². The van der Waals surface area contributed by atoms with Crippen LogP contribution < -0.4 is 4.74 Å². The van der Waals surface area contributed by atoms with Crippen LogP contribution in [0.4, 0.5) is 4.39 Å². The maximum Gasteiger partial charge on any atom is 0.223 e. The Balaban J connectivity index is 2.35. The number of hydrogen-bond donors (Lipinski definition) is 0. The van der Waals surface area contributed by atoms with Gasteiger partial charge in [0.25, 0.3) is 0 Å². The second-order valence-corrected chi connectivity index (χ2v) is 4.22. The Labute approximate surface area is 112 Å². The molecule has 1 heterocycles. The Morgan fingerprint density at radius 1 is 1.29 bits per heavy atom. The monoisotopic (exact) mass is 315 g/mol. The summed E-state index contributed by atoms with van der Waals surface area (Å²) < 4.78 is 19.0. The van der Waals surface area contributed by atoms with Crippen molar-refractivity contribution < 1.29 is 9.13 Å². The van der Waals surface area contributed by atoms with E-state index in [0.29, 0.717) is 11.2 Å². The van der Waals surface area contributed by atoms with E-state index in [2.05, 4.69) is 20.9 Å². The molecular formula is C12H8BrClFNO. The molecule has 0 aliphatic rings. The van der Waals surface area contributed by atoms with Gasteiger partial charge in [0.1, 0.15) is 0 Å². The number of aromatic nitrogens is 1. The lowest BCUT2D eigenvalue weighted by Gasteiger charge is -2.09. The van der Waals surface area contributed by atoms with Gasteiger partial charge in [-0.15, -0.1) is 0 Å². The lowest BCUT2D eigenvalue weighted by atomic mass is 10.3. The van der Waals surface area contributed by atoms with E-state index in [1.54, 1.807) is 18.3 Å². The molecule has 0 saturated heterocycles. The molecular weight excluding hydrogens is 308 g/mol. The summed E-state index contributed by atoms with van der Waals surface area (Å²) in [4.78, 5) is 4.05. The van der Waals surface area contributed by atoms with E-state index in [-0.39, 0.29) is 10.8 Å². The predicted octanol–water partition coefficient (Wildman–Crippen LogP) is 4.56. The van der Waals surface area contributed by atoms with Crippen LogP contribution in [0.3, 0.4) is 0 Å². The summed E-state index contributed by atoms with van der Waals surface area (Å²) in [7, 11) is 0. The normalized spacial score (nSPS) is 10.3. The van der Waals surface area contributed by atoms with Crippen LogP contribution in [0, 0.1) is 5.82 Å². The molecule has 2 nitrogen and oxygen atoms in total. The molecule has 88 valence electrons. The largest absolute Gasteiger partial charge is 0.436 e. The molecule has 0 radical (unpaired) electrons. The number of halogens is 3. The Morgan fingerprint density at radius 2 is 2.12 bits per heavy atom. The van der Waals surface area contributed by atoms with E-state index in [1.165, 1.54) is 12.1 Å². The molecule has 0 unspecified atom stereocenters. The Hall–Kier alpha value is -1.13. The van der Waals surface area contributed by atoms with Crippen LogP contribution in [0.2, 0.25) is 5.02 Å². The summed E-state index contributed by atoms with van der Waals surface area (Å²) in [6.07, 6.45) is 1.59. The van der Waals surface area contributed by atoms with Crippen LogP contribution in [0.5, 0.6) is 11.6 Å². The molecule has 1 aromatic heterocycles.